The van der Waals surface area contributed by atoms with Crippen LogP contribution in [-0.4, -0.2) is 50.7 Å². The van der Waals surface area contributed by atoms with Gasteiger partial charge in [-0.3, -0.25) is 4.79 Å². The summed E-state index contributed by atoms with van der Waals surface area (Å²) in [5.41, 5.74) is 0.853. The highest BCUT2D eigenvalue weighted by molar-refractivity contribution is 6.32. The first-order chi connectivity index (χ1) is 12.1. The van der Waals surface area contributed by atoms with Gasteiger partial charge >= 0.3 is 0 Å². The number of amides is 1. The molecular formula is C19H27ClN2O3. The molecule has 5 nitrogen and oxygen atoms in total. The van der Waals surface area contributed by atoms with Crippen molar-refractivity contribution >= 4 is 17.5 Å². The highest BCUT2D eigenvalue weighted by Crippen LogP contribution is 2.38. The summed E-state index contributed by atoms with van der Waals surface area (Å²) in [6.07, 6.45) is 4.65. The molecule has 25 heavy (non-hydrogen) atoms. The molecule has 1 amide bonds. The lowest BCUT2D eigenvalue weighted by atomic mass is 9.94. The zero-order chi connectivity index (χ0) is 17.6. The molecule has 2 heterocycles. The molecule has 1 aromatic rings. The molecule has 1 N–H and O–H groups in total. The van der Waals surface area contributed by atoms with E-state index in [0.717, 1.165) is 44.0 Å². The Morgan fingerprint density at radius 3 is 2.84 bits per heavy atom. The minimum absolute atomic E-state index is 0.0264. The molecule has 1 saturated heterocycles. The number of nitrogens with one attached hydrogen (secondary N) is 1. The van der Waals surface area contributed by atoms with Gasteiger partial charge in [0.1, 0.15) is 0 Å². The molecule has 6 heteroatoms. The van der Waals surface area contributed by atoms with Crippen molar-refractivity contribution in [1.29, 1.82) is 0 Å². The van der Waals surface area contributed by atoms with Gasteiger partial charge in [-0.05, 0) is 63.0 Å². The van der Waals surface area contributed by atoms with Crippen molar-refractivity contribution in [3.63, 3.8) is 0 Å². The van der Waals surface area contributed by atoms with Crippen LogP contribution in [0.2, 0.25) is 5.02 Å². The highest BCUT2D eigenvalue weighted by atomic mass is 35.5. The Balaban J connectivity index is 1.48. The zero-order valence-electron chi connectivity index (χ0n) is 14.9. The van der Waals surface area contributed by atoms with Gasteiger partial charge in [0.15, 0.2) is 11.5 Å². The van der Waals surface area contributed by atoms with Crippen LogP contribution in [0.1, 0.15) is 31.2 Å². The SMILES string of the molecule is CN1CCC(CCNC(=O)Cc2cc(Cl)c3c(c2)OCCCO3)CC1. The van der Waals surface area contributed by atoms with Gasteiger partial charge in [0.05, 0.1) is 24.7 Å². The topological polar surface area (TPSA) is 50.8 Å². The Kier molecular flexibility index (Phi) is 6.43. The van der Waals surface area contributed by atoms with Crippen LogP contribution in [0.5, 0.6) is 11.5 Å². The monoisotopic (exact) mass is 366 g/mol. The second-order valence-electron chi connectivity index (χ2n) is 7.02. The lowest BCUT2D eigenvalue weighted by Crippen LogP contribution is -2.33. The molecule has 0 spiro atoms. The van der Waals surface area contributed by atoms with Crippen LogP contribution >= 0.6 is 11.6 Å². The number of fused-ring (bicyclic) bond motifs is 1. The summed E-state index contributed by atoms with van der Waals surface area (Å²) in [6, 6.07) is 3.66. The van der Waals surface area contributed by atoms with Gasteiger partial charge in [-0.25, -0.2) is 0 Å². The molecule has 0 radical (unpaired) electrons. The van der Waals surface area contributed by atoms with Gasteiger partial charge in [-0.2, -0.15) is 0 Å². The standard InChI is InChI=1S/C19H27ClN2O3/c1-22-7-4-14(5-8-22)3-6-21-18(23)13-15-11-16(20)19-17(12-15)24-9-2-10-25-19/h11-12,14H,2-10,13H2,1H3,(H,21,23). The van der Waals surface area contributed by atoms with E-state index in [4.69, 9.17) is 21.1 Å². The molecule has 2 aliphatic rings. The fourth-order valence-electron chi connectivity index (χ4n) is 3.40. The van der Waals surface area contributed by atoms with E-state index in [1.165, 1.54) is 12.8 Å². The van der Waals surface area contributed by atoms with Gasteiger partial charge in [-0.15, -0.1) is 0 Å². The van der Waals surface area contributed by atoms with E-state index in [0.29, 0.717) is 36.2 Å². The molecule has 0 bridgehead atoms. The Bertz CT molecular complexity index is 601. The number of carbonyl (C=O) groups is 1. The van der Waals surface area contributed by atoms with Crippen molar-refractivity contribution < 1.29 is 14.3 Å². The van der Waals surface area contributed by atoms with Crippen LogP contribution in [0.4, 0.5) is 0 Å². The predicted molar refractivity (Wildman–Crippen MR) is 98.6 cm³/mol. The summed E-state index contributed by atoms with van der Waals surface area (Å²) in [4.78, 5) is 14.6. The van der Waals surface area contributed by atoms with Gasteiger partial charge in [0.25, 0.3) is 0 Å². The second kappa shape index (κ2) is 8.77. The average Bonchev–Trinajstić information content (AvgIpc) is 2.82. The summed E-state index contributed by atoms with van der Waals surface area (Å²) >= 11 is 6.28. The van der Waals surface area contributed by atoms with Gasteiger partial charge in [0, 0.05) is 13.0 Å². The molecule has 1 aromatic carbocycles. The smallest absolute Gasteiger partial charge is 0.224 e. The van der Waals surface area contributed by atoms with Crippen molar-refractivity contribution in [3.8, 4) is 11.5 Å². The molecule has 3 rings (SSSR count). The number of ether oxygens (including phenoxy) is 2. The third kappa shape index (κ3) is 5.25. The third-order valence-electron chi connectivity index (χ3n) is 4.94. The minimum Gasteiger partial charge on any atom is -0.489 e. The Labute approximate surface area is 154 Å². The molecular weight excluding hydrogens is 340 g/mol. The van der Waals surface area contributed by atoms with E-state index in [1.807, 2.05) is 6.07 Å². The number of benzene rings is 1. The van der Waals surface area contributed by atoms with E-state index in [2.05, 4.69) is 17.3 Å². The lowest BCUT2D eigenvalue weighted by molar-refractivity contribution is -0.120. The fourth-order valence-corrected chi connectivity index (χ4v) is 3.69. The number of hydrogen-bond donors (Lipinski definition) is 1. The first-order valence-electron chi connectivity index (χ1n) is 9.15. The maximum Gasteiger partial charge on any atom is 0.224 e. The van der Waals surface area contributed by atoms with E-state index in [9.17, 15) is 4.79 Å². The Morgan fingerprint density at radius 2 is 2.04 bits per heavy atom. The molecule has 0 aromatic heterocycles. The Morgan fingerprint density at radius 1 is 1.28 bits per heavy atom. The second-order valence-corrected chi connectivity index (χ2v) is 7.42. The molecule has 2 aliphatic heterocycles. The number of carbonyl (C=O) groups excluding carboxylic acids is 1. The lowest BCUT2D eigenvalue weighted by Gasteiger charge is -2.28. The van der Waals surface area contributed by atoms with Gasteiger partial charge in [-0.1, -0.05) is 11.6 Å². The number of piperidine rings is 1. The fraction of sp³-hybridized carbons (Fsp3) is 0.632. The molecule has 0 aliphatic carbocycles. The van der Waals surface area contributed by atoms with E-state index in [1.54, 1.807) is 6.07 Å². The number of rotatable bonds is 5. The average molecular weight is 367 g/mol. The third-order valence-corrected chi connectivity index (χ3v) is 5.22. The summed E-state index contributed by atoms with van der Waals surface area (Å²) in [5.74, 6) is 1.98. The van der Waals surface area contributed by atoms with Crippen LogP contribution in [0.15, 0.2) is 12.1 Å². The number of nitrogens with zero attached hydrogens (tertiary/aromatic N) is 1. The van der Waals surface area contributed by atoms with Crippen molar-refractivity contribution in [3.05, 3.63) is 22.7 Å². The number of likely N-dealkylation sites (tertiary alicyclic amines) is 1. The van der Waals surface area contributed by atoms with Crippen molar-refractivity contribution in [2.75, 3.05) is 39.9 Å². The van der Waals surface area contributed by atoms with Crippen LogP contribution in [0.25, 0.3) is 0 Å². The van der Waals surface area contributed by atoms with Gasteiger partial charge < -0.3 is 19.7 Å². The van der Waals surface area contributed by atoms with Crippen molar-refractivity contribution in [2.45, 2.75) is 32.1 Å². The van der Waals surface area contributed by atoms with Crippen LogP contribution < -0.4 is 14.8 Å². The van der Waals surface area contributed by atoms with E-state index in [-0.39, 0.29) is 5.91 Å². The molecule has 1 fully saturated rings. The summed E-state index contributed by atoms with van der Waals surface area (Å²) < 4.78 is 11.3. The maximum atomic E-state index is 12.2. The minimum atomic E-state index is 0.0264. The van der Waals surface area contributed by atoms with Crippen LogP contribution in [0, 0.1) is 5.92 Å². The normalized spacial score (nSPS) is 18.6. The summed E-state index contributed by atoms with van der Waals surface area (Å²) in [5, 5.41) is 3.54. The molecule has 0 atom stereocenters. The first kappa shape index (κ1) is 18.3. The van der Waals surface area contributed by atoms with E-state index >= 15 is 0 Å². The van der Waals surface area contributed by atoms with Gasteiger partial charge in [0.2, 0.25) is 5.91 Å². The van der Waals surface area contributed by atoms with E-state index < -0.39 is 0 Å². The largest absolute Gasteiger partial charge is 0.489 e. The first-order valence-corrected chi connectivity index (χ1v) is 9.53. The quantitative estimate of drug-likeness (QED) is 0.870. The number of hydrogen-bond acceptors (Lipinski definition) is 4. The maximum absolute atomic E-state index is 12.2. The van der Waals surface area contributed by atoms with Crippen LogP contribution in [-0.2, 0) is 11.2 Å². The Hall–Kier alpha value is -1.46. The summed E-state index contributed by atoms with van der Waals surface area (Å²) in [6.45, 7) is 4.27. The zero-order valence-corrected chi connectivity index (χ0v) is 15.6. The van der Waals surface area contributed by atoms with Crippen LogP contribution in [0.3, 0.4) is 0 Å². The summed E-state index contributed by atoms with van der Waals surface area (Å²) in [7, 11) is 2.17. The number of halogens is 1. The van der Waals surface area contributed by atoms with Crippen molar-refractivity contribution in [2.24, 2.45) is 5.92 Å². The molecule has 0 saturated carbocycles. The molecule has 138 valence electrons. The highest BCUT2D eigenvalue weighted by Gasteiger charge is 2.18. The predicted octanol–water partition coefficient (Wildman–Crippen LogP) is 2.89. The molecule has 0 unspecified atom stereocenters. The van der Waals surface area contributed by atoms with Crippen molar-refractivity contribution in [1.82, 2.24) is 10.2 Å².